The zero-order valence-corrected chi connectivity index (χ0v) is 12.5. The minimum absolute atomic E-state index is 0.00348. The van der Waals surface area contributed by atoms with E-state index in [0.29, 0.717) is 24.2 Å². The molecule has 1 aliphatic rings. The average molecular weight is 281 g/mol. The van der Waals surface area contributed by atoms with Gasteiger partial charge in [-0.25, -0.2) is 4.39 Å². The van der Waals surface area contributed by atoms with Crippen molar-refractivity contribution >= 4 is 0 Å². The minimum atomic E-state index is -0.622. The highest BCUT2D eigenvalue weighted by Crippen LogP contribution is 2.23. The maximum atomic E-state index is 13.5. The van der Waals surface area contributed by atoms with E-state index in [1.54, 1.807) is 19.1 Å². The van der Waals surface area contributed by atoms with Gasteiger partial charge in [-0.1, -0.05) is 12.1 Å². The fourth-order valence-corrected chi connectivity index (χ4v) is 2.57. The molecular weight excluding hydrogens is 257 g/mol. The van der Waals surface area contributed by atoms with Gasteiger partial charge in [0.1, 0.15) is 5.82 Å². The van der Waals surface area contributed by atoms with Gasteiger partial charge in [-0.15, -0.1) is 0 Å². The van der Waals surface area contributed by atoms with E-state index in [-0.39, 0.29) is 11.4 Å². The van der Waals surface area contributed by atoms with Crippen LogP contribution in [0.2, 0.25) is 0 Å². The second-order valence-electron chi connectivity index (χ2n) is 6.17. The number of rotatable bonds is 4. The molecule has 1 N–H and O–H groups in total. The molecule has 0 amide bonds. The molecule has 1 unspecified atom stereocenters. The van der Waals surface area contributed by atoms with Crippen molar-refractivity contribution in [2.45, 2.75) is 38.8 Å². The Morgan fingerprint density at radius 2 is 2.20 bits per heavy atom. The van der Waals surface area contributed by atoms with Crippen molar-refractivity contribution in [3.8, 4) is 0 Å². The zero-order valence-electron chi connectivity index (χ0n) is 12.5. The SMILES string of the molecule is Cc1ccc(C(O)CCN2CCOCC2(C)C)cc1F. The van der Waals surface area contributed by atoms with Gasteiger partial charge < -0.3 is 9.84 Å². The lowest BCUT2D eigenvalue weighted by atomic mass is 10.00. The Hall–Kier alpha value is -0.970. The summed E-state index contributed by atoms with van der Waals surface area (Å²) in [5.41, 5.74) is 1.26. The average Bonchev–Trinajstić information content (AvgIpc) is 2.40. The maximum absolute atomic E-state index is 13.5. The van der Waals surface area contributed by atoms with Crippen LogP contribution in [-0.2, 0) is 4.74 Å². The highest BCUT2D eigenvalue weighted by molar-refractivity contribution is 5.24. The maximum Gasteiger partial charge on any atom is 0.126 e. The lowest BCUT2D eigenvalue weighted by Gasteiger charge is -2.42. The first-order valence-electron chi connectivity index (χ1n) is 7.17. The summed E-state index contributed by atoms with van der Waals surface area (Å²) in [6, 6.07) is 4.95. The smallest absolute Gasteiger partial charge is 0.126 e. The monoisotopic (exact) mass is 281 g/mol. The third-order valence-corrected chi connectivity index (χ3v) is 4.07. The molecular formula is C16H24FNO2. The molecule has 1 aromatic carbocycles. The highest BCUT2D eigenvalue weighted by atomic mass is 19.1. The van der Waals surface area contributed by atoms with E-state index in [1.807, 2.05) is 0 Å². The van der Waals surface area contributed by atoms with E-state index in [2.05, 4.69) is 18.7 Å². The Morgan fingerprint density at radius 3 is 2.85 bits per heavy atom. The van der Waals surface area contributed by atoms with Gasteiger partial charge in [0.15, 0.2) is 0 Å². The third kappa shape index (κ3) is 3.57. The van der Waals surface area contributed by atoms with E-state index < -0.39 is 6.10 Å². The molecule has 1 fully saturated rings. The highest BCUT2D eigenvalue weighted by Gasteiger charge is 2.30. The van der Waals surface area contributed by atoms with E-state index in [1.165, 1.54) is 6.07 Å². The van der Waals surface area contributed by atoms with Gasteiger partial charge in [-0.2, -0.15) is 0 Å². The molecule has 3 nitrogen and oxygen atoms in total. The van der Waals surface area contributed by atoms with Gasteiger partial charge in [0, 0.05) is 18.6 Å². The second kappa shape index (κ2) is 6.20. The number of aliphatic hydroxyl groups is 1. The third-order valence-electron chi connectivity index (χ3n) is 4.07. The van der Waals surface area contributed by atoms with Gasteiger partial charge in [0.25, 0.3) is 0 Å². The molecule has 1 heterocycles. The van der Waals surface area contributed by atoms with Crippen LogP contribution in [0.3, 0.4) is 0 Å². The normalized spacial score (nSPS) is 20.9. The summed E-state index contributed by atoms with van der Waals surface area (Å²) in [4.78, 5) is 2.32. The number of ether oxygens (including phenoxy) is 1. The number of hydrogen-bond donors (Lipinski definition) is 1. The van der Waals surface area contributed by atoms with Crippen molar-refractivity contribution in [1.29, 1.82) is 0 Å². The quantitative estimate of drug-likeness (QED) is 0.921. The van der Waals surface area contributed by atoms with Gasteiger partial charge >= 0.3 is 0 Å². The van der Waals surface area contributed by atoms with Gasteiger partial charge in [-0.3, -0.25) is 4.90 Å². The summed E-state index contributed by atoms with van der Waals surface area (Å²) >= 11 is 0. The summed E-state index contributed by atoms with van der Waals surface area (Å²) in [7, 11) is 0. The molecule has 1 saturated heterocycles. The van der Waals surface area contributed by atoms with Crippen molar-refractivity contribution in [2.24, 2.45) is 0 Å². The molecule has 112 valence electrons. The number of nitrogens with zero attached hydrogens (tertiary/aromatic N) is 1. The Morgan fingerprint density at radius 1 is 1.45 bits per heavy atom. The standard InChI is InChI=1S/C16H24FNO2/c1-12-4-5-13(10-14(12)17)15(19)6-7-18-8-9-20-11-16(18,2)3/h4-5,10,15,19H,6-9,11H2,1-3H3. The largest absolute Gasteiger partial charge is 0.388 e. The Bertz CT molecular complexity index is 462. The topological polar surface area (TPSA) is 32.7 Å². The summed E-state index contributed by atoms with van der Waals surface area (Å²) in [5, 5.41) is 10.2. The van der Waals surface area contributed by atoms with Gasteiger partial charge in [0.05, 0.1) is 19.3 Å². The Labute approximate surface area is 120 Å². The summed E-state index contributed by atoms with van der Waals surface area (Å²) in [5.74, 6) is -0.256. The fourth-order valence-electron chi connectivity index (χ4n) is 2.57. The van der Waals surface area contributed by atoms with Crippen LogP contribution in [0.4, 0.5) is 4.39 Å². The molecule has 4 heteroatoms. The van der Waals surface area contributed by atoms with Crippen LogP contribution >= 0.6 is 0 Å². The number of halogens is 1. The molecule has 0 aromatic heterocycles. The van der Waals surface area contributed by atoms with Gasteiger partial charge in [0.2, 0.25) is 0 Å². The van der Waals surface area contributed by atoms with E-state index in [0.717, 1.165) is 19.7 Å². The lowest BCUT2D eigenvalue weighted by molar-refractivity contribution is -0.0552. The first-order valence-corrected chi connectivity index (χ1v) is 7.17. The first-order chi connectivity index (χ1) is 9.40. The molecule has 1 atom stereocenters. The van der Waals surface area contributed by atoms with Crippen molar-refractivity contribution in [2.75, 3.05) is 26.3 Å². The molecule has 0 radical (unpaired) electrons. The number of morpholine rings is 1. The minimum Gasteiger partial charge on any atom is -0.388 e. The molecule has 0 spiro atoms. The molecule has 0 saturated carbocycles. The summed E-state index contributed by atoms with van der Waals surface area (Å²) in [6.07, 6.45) is -0.0184. The van der Waals surface area contributed by atoms with Crippen LogP contribution < -0.4 is 0 Å². The molecule has 0 aliphatic carbocycles. The van der Waals surface area contributed by atoms with Crippen LogP contribution in [0.25, 0.3) is 0 Å². The van der Waals surface area contributed by atoms with Crippen LogP contribution in [0.15, 0.2) is 18.2 Å². The van der Waals surface area contributed by atoms with Crippen LogP contribution in [-0.4, -0.2) is 41.8 Å². The van der Waals surface area contributed by atoms with Crippen molar-refractivity contribution in [1.82, 2.24) is 4.90 Å². The fraction of sp³-hybridized carbons (Fsp3) is 0.625. The number of aryl methyl sites for hydroxylation is 1. The molecule has 1 aliphatic heterocycles. The van der Waals surface area contributed by atoms with E-state index in [4.69, 9.17) is 4.74 Å². The van der Waals surface area contributed by atoms with E-state index in [9.17, 15) is 9.50 Å². The predicted octanol–water partition coefficient (Wildman–Crippen LogP) is 2.67. The Kier molecular flexibility index (Phi) is 4.78. The van der Waals surface area contributed by atoms with Crippen molar-refractivity contribution in [3.63, 3.8) is 0 Å². The van der Waals surface area contributed by atoms with E-state index >= 15 is 0 Å². The number of benzene rings is 1. The van der Waals surface area contributed by atoms with Crippen LogP contribution in [0, 0.1) is 12.7 Å². The number of aliphatic hydroxyl groups excluding tert-OH is 1. The zero-order chi connectivity index (χ0) is 14.8. The summed E-state index contributed by atoms with van der Waals surface area (Å²) in [6.45, 7) is 9.12. The predicted molar refractivity (Wildman–Crippen MR) is 77.2 cm³/mol. The summed E-state index contributed by atoms with van der Waals surface area (Å²) < 4.78 is 19.0. The molecule has 0 bridgehead atoms. The Balaban J connectivity index is 1.94. The molecule has 20 heavy (non-hydrogen) atoms. The number of hydrogen-bond acceptors (Lipinski definition) is 3. The lowest BCUT2D eigenvalue weighted by Crippen LogP contribution is -2.53. The van der Waals surface area contributed by atoms with Crippen LogP contribution in [0.1, 0.15) is 37.5 Å². The molecule has 2 rings (SSSR count). The second-order valence-corrected chi connectivity index (χ2v) is 6.17. The van der Waals surface area contributed by atoms with Crippen molar-refractivity contribution < 1.29 is 14.2 Å². The molecule has 1 aromatic rings. The van der Waals surface area contributed by atoms with Crippen molar-refractivity contribution in [3.05, 3.63) is 35.1 Å². The first kappa shape index (κ1) is 15.4. The van der Waals surface area contributed by atoms with Gasteiger partial charge in [-0.05, 0) is 44.4 Å². The van der Waals surface area contributed by atoms with Crippen LogP contribution in [0.5, 0.6) is 0 Å².